The monoisotopic (exact) mass is 356 g/mol. The summed E-state index contributed by atoms with van der Waals surface area (Å²) in [5, 5.41) is 0. The Morgan fingerprint density at radius 3 is 2.36 bits per heavy atom. The molecule has 1 fully saturated rings. The highest BCUT2D eigenvalue weighted by Crippen LogP contribution is 2.17. The zero-order valence-corrected chi connectivity index (χ0v) is 15.8. The van der Waals surface area contributed by atoms with Crippen molar-refractivity contribution in [3.05, 3.63) is 53.0 Å². The molecule has 132 valence electrons. The fraction of sp³-hybridized carbons (Fsp3) is 0.421. The Morgan fingerprint density at radius 2 is 1.76 bits per heavy atom. The fourth-order valence-electron chi connectivity index (χ4n) is 3.09. The van der Waals surface area contributed by atoms with Crippen molar-refractivity contribution in [1.82, 2.24) is 14.9 Å². The van der Waals surface area contributed by atoms with Crippen LogP contribution in [0, 0.1) is 13.8 Å². The van der Waals surface area contributed by atoms with Crippen molar-refractivity contribution in [2.24, 2.45) is 0 Å². The standard InChI is InChI=1S/C19H24N4OS/c1-14-12-18(21-15(2)20-14)22-8-10-23(11-9-22)19(24)17-6-4-16(5-7-17)13-25-3/h4-7,12H,8-11,13H2,1-3H3. The van der Waals surface area contributed by atoms with E-state index in [1.54, 1.807) is 11.8 Å². The van der Waals surface area contributed by atoms with Crippen LogP contribution < -0.4 is 4.90 Å². The number of nitrogens with zero attached hydrogens (tertiary/aromatic N) is 4. The molecule has 2 heterocycles. The largest absolute Gasteiger partial charge is 0.353 e. The van der Waals surface area contributed by atoms with E-state index in [-0.39, 0.29) is 5.91 Å². The molecule has 1 aromatic heterocycles. The summed E-state index contributed by atoms with van der Waals surface area (Å²) in [5.41, 5.74) is 3.00. The lowest BCUT2D eigenvalue weighted by atomic mass is 10.1. The van der Waals surface area contributed by atoms with E-state index in [0.717, 1.165) is 41.7 Å². The number of aromatic nitrogens is 2. The Hall–Kier alpha value is -2.08. The molecule has 1 amide bonds. The predicted octanol–water partition coefficient (Wildman–Crippen LogP) is 2.92. The van der Waals surface area contributed by atoms with Gasteiger partial charge >= 0.3 is 0 Å². The van der Waals surface area contributed by atoms with Crippen LogP contribution in [0.3, 0.4) is 0 Å². The Kier molecular flexibility index (Phi) is 5.58. The Morgan fingerprint density at radius 1 is 1.08 bits per heavy atom. The molecule has 0 spiro atoms. The highest BCUT2D eigenvalue weighted by molar-refractivity contribution is 7.97. The molecule has 25 heavy (non-hydrogen) atoms. The van der Waals surface area contributed by atoms with E-state index in [9.17, 15) is 4.79 Å². The van der Waals surface area contributed by atoms with Crippen molar-refractivity contribution >= 4 is 23.5 Å². The number of benzene rings is 1. The number of anilines is 1. The van der Waals surface area contributed by atoms with E-state index < -0.39 is 0 Å². The summed E-state index contributed by atoms with van der Waals surface area (Å²) >= 11 is 1.79. The third kappa shape index (κ3) is 4.31. The highest BCUT2D eigenvalue weighted by atomic mass is 32.2. The molecule has 1 aliphatic rings. The van der Waals surface area contributed by atoms with Gasteiger partial charge in [-0.2, -0.15) is 11.8 Å². The summed E-state index contributed by atoms with van der Waals surface area (Å²) in [6.07, 6.45) is 2.08. The normalized spacial score (nSPS) is 14.7. The number of carbonyl (C=O) groups is 1. The molecule has 0 atom stereocenters. The van der Waals surface area contributed by atoms with Crippen LogP contribution in [-0.4, -0.2) is 53.2 Å². The van der Waals surface area contributed by atoms with Crippen molar-refractivity contribution in [2.45, 2.75) is 19.6 Å². The van der Waals surface area contributed by atoms with Gasteiger partial charge in [0.1, 0.15) is 11.6 Å². The SMILES string of the molecule is CSCc1ccc(C(=O)N2CCN(c3cc(C)nc(C)n3)CC2)cc1. The smallest absolute Gasteiger partial charge is 0.253 e. The molecule has 0 aliphatic carbocycles. The summed E-state index contributed by atoms with van der Waals surface area (Å²) in [7, 11) is 0. The number of amides is 1. The minimum Gasteiger partial charge on any atom is -0.353 e. The Labute approximate surface area is 153 Å². The number of hydrogen-bond donors (Lipinski definition) is 0. The first-order chi connectivity index (χ1) is 12.1. The van der Waals surface area contributed by atoms with Gasteiger partial charge in [-0.15, -0.1) is 0 Å². The molecule has 6 heteroatoms. The molecule has 1 aromatic carbocycles. The number of rotatable bonds is 4. The lowest BCUT2D eigenvalue weighted by molar-refractivity contribution is 0.0746. The lowest BCUT2D eigenvalue weighted by Gasteiger charge is -2.35. The van der Waals surface area contributed by atoms with Gasteiger partial charge in [-0.25, -0.2) is 9.97 Å². The van der Waals surface area contributed by atoms with Gasteiger partial charge in [-0.3, -0.25) is 4.79 Å². The maximum atomic E-state index is 12.7. The molecule has 0 radical (unpaired) electrons. The van der Waals surface area contributed by atoms with Crippen LogP contribution in [-0.2, 0) is 5.75 Å². The molecule has 0 unspecified atom stereocenters. The number of thioether (sulfide) groups is 1. The highest BCUT2D eigenvalue weighted by Gasteiger charge is 2.23. The molecular formula is C19H24N4OS. The summed E-state index contributed by atoms with van der Waals surface area (Å²) in [6, 6.07) is 9.99. The van der Waals surface area contributed by atoms with Crippen molar-refractivity contribution < 1.29 is 4.79 Å². The predicted molar refractivity (Wildman–Crippen MR) is 103 cm³/mol. The summed E-state index contributed by atoms with van der Waals surface area (Å²) in [5.74, 6) is 2.84. The van der Waals surface area contributed by atoms with Crippen LogP contribution >= 0.6 is 11.8 Å². The van der Waals surface area contributed by atoms with E-state index >= 15 is 0 Å². The number of carbonyl (C=O) groups excluding carboxylic acids is 1. The van der Waals surface area contributed by atoms with Gasteiger partial charge in [0.05, 0.1) is 0 Å². The van der Waals surface area contributed by atoms with E-state index in [4.69, 9.17) is 0 Å². The first-order valence-corrected chi connectivity index (χ1v) is 9.90. The minimum atomic E-state index is 0.116. The van der Waals surface area contributed by atoms with Gasteiger partial charge in [0.15, 0.2) is 0 Å². The molecule has 0 N–H and O–H groups in total. The van der Waals surface area contributed by atoms with Crippen LogP contribution in [0.15, 0.2) is 30.3 Å². The van der Waals surface area contributed by atoms with Crippen LogP contribution in [0.4, 0.5) is 5.82 Å². The lowest BCUT2D eigenvalue weighted by Crippen LogP contribution is -2.49. The second-order valence-electron chi connectivity index (χ2n) is 6.32. The van der Waals surface area contributed by atoms with Crippen molar-refractivity contribution in [3.8, 4) is 0 Å². The topological polar surface area (TPSA) is 49.3 Å². The van der Waals surface area contributed by atoms with Gasteiger partial charge in [-0.1, -0.05) is 12.1 Å². The first kappa shape index (κ1) is 17.7. The van der Waals surface area contributed by atoms with Gasteiger partial charge in [0.25, 0.3) is 5.91 Å². The molecular weight excluding hydrogens is 332 g/mol. The average molecular weight is 356 g/mol. The number of aryl methyl sites for hydroxylation is 2. The van der Waals surface area contributed by atoms with Gasteiger partial charge in [-0.05, 0) is 37.8 Å². The fourth-order valence-corrected chi connectivity index (χ4v) is 3.62. The van der Waals surface area contributed by atoms with Crippen molar-refractivity contribution in [3.63, 3.8) is 0 Å². The molecule has 5 nitrogen and oxygen atoms in total. The third-order valence-electron chi connectivity index (χ3n) is 4.36. The summed E-state index contributed by atoms with van der Waals surface area (Å²) < 4.78 is 0. The molecule has 2 aromatic rings. The maximum absolute atomic E-state index is 12.7. The molecule has 0 saturated carbocycles. The Bertz CT molecular complexity index is 719. The van der Waals surface area contributed by atoms with Gasteiger partial charge < -0.3 is 9.80 Å². The van der Waals surface area contributed by atoms with E-state index in [1.165, 1.54) is 5.56 Å². The van der Waals surface area contributed by atoms with E-state index in [2.05, 4.69) is 21.1 Å². The maximum Gasteiger partial charge on any atom is 0.253 e. The summed E-state index contributed by atoms with van der Waals surface area (Å²) in [4.78, 5) is 25.7. The molecule has 3 rings (SSSR count). The van der Waals surface area contributed by atoms with Gasteiger partial charge in [0, 0.05) is 49.3 Å². The molecule has 1 saturated heterocycles. The summed E-state index contributed by atoms with van der Waals surface area (Å²) in [6.45, 7) is 6.93. The number of piperazine rings is 1. The Balaban J connectivity index is 1.62. The zero-order chi connectivity index (χ0) is 17.8. The van der Waals surface area contributed by atoms with Gasteiger partial charge in [0.2, 0.25) is 0 Å². The zero-order valence-electron chi connectivity index (χ0n) is 15.0. The van der Waals surface area contributed by atoms with E-state index in [0.29, 0.717) is 13.1 Å². The van der Waals surface area contributed by atoms with Crippen molar-refractivity contribution in [2.75, 3.05) is 37.3 Å². The third-order valence-corrected chi connectivity index (χ3v) is 4.98. The second kappa shape index (κ2) is 7.87. The molecule has 0 bridgehead atoms. The second-order valence-corrected chi connectivity index (χ2v) is 7.19. The average Bonchev–Trinajstić information content (AvgIpc) is 2.61. The van der Waals surface area contributed by atoms with Crippen LogP contribution in [0.25, 0.3) is 0 Å². The first-order valence-electron chi connectivity index (χ1n) is 8.51. The quantitative estimate of drug-likeness (QED) is 0.843. The van der Waals surface area contributed by atoms with Crippen LogP contribution in [0.2, 0.25) is 0 Å². The minimum absolute atomic E-state index is 0.116. The van der Waals surface area contributed by atoms with Crippen LogP contribution in [0.5, 0.6) is 0 Å². The van der Waals surface area contributed by atoms with Crippen LogP contribution in [0.1, 0.15) is 27.4 Å². The number of hydrogen-bond acceptors (Lipinski definition) is 5. The van der Waals surface area contributed by atoms with E-state index in [1.807, 2.05) is 49.1 Å². The molecule has 1 aliphatic heterocycles. The van der Waals surface area contributed by atoms with Crippen molar-refractivity contribution in [1.29, 1.82) is 0 Å².